The average Bonchev–Trinajstić information content (AvgIpc) is 2.77. The molecule has 1 saturated heterocycles. The van der Waals surface area contributed by atoms with Crippen molar-refractivity contribution in [2.45, 2.75) is 46.1 Å². The largest absolute Gasteiger partial charge is 0.353 e. The lowest BCUT2D eigenvalue weighted by atomic mass is 10.1. The normalized spacial score (nSPS) is 22.1. The molecule has 1 rings (SSSR count). The Bertz CT molecular complexity index is 245. The van der Waals surface area contributed by atoms with E-state index in [9.17, 15) is 4.79 Å². The van der Waals surface area contributed by atoms with Crippen LogP contribution in [0.15, 0.2) is 0 Å². The van der Waals surface area contributed by atoms with Gasteiger partial charge in [0.1, 0.15) is 0 Å². The van der Waals surface area contributed by atoms with E-state index in [1.807, 2.05) is 0 Å². The van der Waals surface area contributed by atoms with E-state index in [0.717, 1.165) is 25.9 Å². The van der Waals surface area contributed by atoms with E-state index in [-0.39, 0.29) is 5.91 Å². The molecule has 4 nitrogen and oxygen atoms in total. The predicted molar refractivity (Wildman–Crippen MR) is 75.6 cm³/mol. The molecule has 1 aliphatic heterocycles. The van der Waals surface area contributed by atoms with Gasteiger partial charge in [0.15, 0.2) is 0 Å². The molecule has 0 aromatic heterocycles. The Morgan fingerprint density at radius 1 is 1.44 bits per heavy atom. The van der Waals surface area contributed by atoms with Crippen molar-refractivity contribution in [3.05, 3.63) is 0 Å². The highest BCUT2D eigenvalue weighted by atomic mass is 16.1. The minimum atomic E-state index is 0.126. The molecule has 1 aliphatic rings. The SMILES string of the molecule is CCCC(C)NC(=O)CNCC1CCN(CC)C1. The summed E-state index contributed by atoms with van der Waals surface area (Å²) >= 11 is 0. The highest BCUT2D eigenvalue weighted by Crippen LogP contribution is 2.14. The first kappa shape index (κ1) is 15.4. The van der Waals surface area contributed by atoms with E-state index in [4.69, 9.17) is 0 Å². The van der Waals surface area contributed by atoms with Crippen LogP contribution in [0.4, 0.5) is 0 Å². The number of nitrogens with zero attached hydrogens (tertiary/aromatic N) is 1. The Labute approximate surface area is 111 Å². The molecular weight excluding hydrogens is 226 g/mol. The molecule has 106 valence electrons. The number of nitrogens with one attached hydrogen (secondary N) is 2. The third-order valence-electron chi connectivity index (χ3n) is 3.66. The summed E-state index contributed by atoms with van der Waals surface area (Å²) in [5.74, 6) is 0.840. The van der Waals surface area contributed by atoms with Gasteiger partial charge in [-0.05, 0) is 45.3 Å². The van der Waals surface area contributed by atoms with Gasteiger partial charge in [-0.1, -0.05) is 20.3 Å². The maximum absolute atomic E-state index is 11.6. The Kier molecular flexibility index (Phi) is 7.28. The van der Waals surface area contributed by atoms with Crippen molar-refractivity contribution >= 4 is 5.91 Å². The minimum absolute atomic E-state index is 0.126. The quantitative estimate of drug-likeness (QED) is 0.685. The first-order valence-electron chi connectivity index (χ1n) is 7.38. The molecule has 18 heavy (non-hydrogen) atoms. The zero-order valence-electron chi connectivity index (χ0n) is 12.2. The van der Waals surface area contributed by atoms with Gasteiger partial charge >= 0.3 is 0 Å². The fourth-order valence-electron chi connectivity index (χ4n) is 2.59. The van der Waals surface area contributed by atoms with Crippen LogP contribution in [0.3, 0.4) is 0 Å². The van der Waals surface area contributed by atoms with Crippen LogP contribution in [-0.2, 0) is 4.79 Å². The number of carbonyl (C=O) groups is 1. The number of likely N-dealkylation sites (tertiary alicyclic amines) is 1. The predicted octanol–water partition coefficient (Wildman–Crippen LogP) is 1.22. The minimum Gasteiger partial charge on any atom is -0.353 e. The molecule has 1 amide bonds. The number of hydrogen-bond donors (Lipinski definition) is 2. The molecule has 2 N–H and O–H groups in total. The smallest absolute Gasteiger partial charge is 0.234 e. The third kappa shape index (κ3) is 5.83. The van der Waals surface area contributed by atoms with Crippen molar-refractivity contribution in [2.75, 3.05) is 32.7 Å². The van der Waals surface area contributed by atoms with Gasteiger partial charge < -0.3 is 15.5 Å². The molecule has 1 fully saturated rings. The summed E-state index contributed by atoms with van der Waals surface area (Å²) in [4.78, 5) is 14.1. The van der Waals surface area contributed by atoms with Crippen LogP contribution in [0.25, 0.3) is 0 Å². The van der Waals surface area contributed by atoms with Crippen molar-refractivity contribution in [1.29, 1.82) is 0 Å². The van der Waals surface area contributed by atoms with Gasteiger partial charge in [-0.2, -0.15) is 0 Å². The molecular formula is C14H29N3O. The first-order valence-corrected chi connectivity index (χ1v) is 7.38. The number of hydrogen-bond acceptors (Lipinski definition) is 3. The van der Waals surface area contributed by atoms with Crippen molar-refractivity contribution < 1.29 is 4.79 Å². The fraction of sp³-hybridized carbons (Fsp3) is 0.929. The molecule has 0 aromatic carbocycles. The van der Waals surface area contributed by atoms with Crippen LogP contribution in [0.2, 0.25) is 0 Å². The topological polar surface area (TPSA) is 44.4 Å². The fourth-order valence-corrected chi connectivity index (χ4v) is 2.59. The summed E-state index contributed by atoms with van der Waals surface area (Å²) in [6.07, 6.45) is 3.43. The highest BCUT2D eigenvalue weighted by molar-refractivity contribution is 5.78. The molecule has 0 aromatic rings. The van der Waals surface area contributed by atoms with E-state index in [2.05, 4.69) is 36.3 Å². The zero-order chi connectivity index (χ0) is 13.4. The van der Waals surface area contributed by atoms with E-state index >= 15 is 0 Å². The van der Waals surface area contributed by atoms with Crippen molar-refractivity contribution in [3.63, 3.8) is 0 Å². The van der Waals surface area contributed by atoms with E-state index in [0.29, 0.717) is 18.5 Å². The first-order chi connectivity index (χ1) is 8.65. The van der Waals surface area contributed by atoms with Gasteiger partial charge in [0.05, 0.1) is 6.54 Å². The number of carbonyl (C=O) groups excluding carboxylic acids is 1. The van der Waals surface area contributed by atoms with Crippen LogP contribution >= 0.6 is 0 Å². The van der Waals surface area contributed by atoms with Gasteiger partial charge in [0.25, 0.3) is 0 Å². The summed E-state index contributed by atoms with van der Waals surface area (Å²) in [5, 5.41) is 6.29. The summed E-state index contributed by atoms with van der Waals surface area (Å²) in [6, 6.07) is 0.298. The van der Waals surface area contributed by atoms with Crippen LogP contribution in [0.1, 0.15) is 40.0 Å². The molecule has 0 radical (unpaired) electrons. The molecule has 2 unspecified atom stereocenters. The molecule has 0 aliphatic carbocycles. The lowest BCUT2D eigenvalue weighted by molar-refractivity contribution is -0.120. The van der Waals surface area contributed by atoms with Crippen LogP contribution in [0, 0.1) is 5.92 Å². The summed E-state index contributed by atoms with van der Waals surface area (Å²) < 4.78 is 0. The Balaban J connectivity index is 2.05. The second-order valence-electron chi connectivity index (χ2n) is 5.44. The van der Waals surface area contributed by atoms with Crippen molar-refractivity contribution in [2.24, 2.45) is 5.92 Å². The molecule has 0 spiro atoms. The van der Waals surface area contributed by atoms with Crippen LogP contribution < -0.4 is 10.6 Å². The summed E-state index contributed by atoms with van der Waals surface area (Å²) in [7, 11) is 0. The highest BCUT2D eigenvalue weighted by Gasteiger charge is 2.20. The lowest BCUT2D eigenvalue weighted by Crippen LogP contribution is -2.40. The van der Waals surface area contributed by atoms with Crippen molar-refractivity contribution in [3.8, 4) is 0 Å². The van der Waals surface area contributed by atoms with Gasteiger partial charge in [-0.15, -0.1) is 0 Å². The number of amides is 1. The molecule has 0 saturated carbocycles. The zero-order valence-corrected chi connectivity index (χ0v) is 12.2. The summed E-state index contributed by atoms with van der Waals surface area (Å²) in [6.45, 7) is 11.4. The van der Waals surface area contributed by atoms with Gasteiger partial charge in [0, 0.05) is 12.6 Å². The van der Waals surface area contributed by atoms with Crippen LogP contribution in [0.5, 0.6) is 0 Å². The van der Waals surface area contributed by atoms with E-state index in [1.165, 1.54) is 19.5 Å². The number of rotatable bonds is 8. The second-order valence-corrected chi connectivity index (χ2v) is 5.44. The van der Waals surface area contributed by atoms with Gasteiger partial charge in [0.2, 0.25) is 5.91 Å². The second kappa shape index (κ2) is 8.48. The molecule has 1 heterocycles. The van der Waals surface area contributed by atoms with Crippen LogP contribution in [-0.4, -0.2) is 49.6 Å². The lowest BCUT2D eigenvalue weighted by Gasteiger charge is -2.15. The van der Waals surface area contributed by atoms with E-state index in [1.54, 1.807) is 0 Å². The monoisotopic (exact) mass is 255 g/mol. The third-order valence-corrected chi connectivity index (χ3v) is 3.66. The Hall–Kier alpha value is -0.610. The maximum Gasteiger partial charge on any atom is 0.234 e. The Morgan fingerprint density at radius 3 is 2.83 bits per heavy atom. The van der Waals surface area contributed by atoms with E-state index < -0.39 is 0 Å². The molecule has 2 atom stereocenters. The maximum atomic E-state index is 11.6. The van der Waals surface area contributed by atoms with Crippen molar-refractivity contribution in [1.82, 2.24) is 15.5 Å². The Morgan fingerprint density at radius 2 is 2.22 bits per heavy atom. The van der Waals surface area contributed by atoms with Gasteiger partial charge in [-0.3, -0.25) is 4.79 Å². The molecule has 0 bridgehead atoms. The standard InChI is InChI=1S/C14H29N3O/c1-4-6-12(3)16-14(18)10-15-9-13-7-8-17(5-2)11-13/h12-13,15H,4-11H2,1-3H3,(H,16,18). The molecule has 4 heteroatoms. The summed E-state index contributed by atoms with van der Waals surface area (Å²) in [5.41, 5.74) is 0. The van der Waals surface area contributed by atoms with Gasteiger partial charge in [-0.25, -0.2) is 0 Å². The average molecular weight is 255 g/mol.